The van der Waals surface area contributed by atoms with Crippen molar-refractivity contribution in [1.29, 1.82) is 0 Å². The lowest BCUT2D eigenvalue weighted by atomic mass is 9.66. The summed E-state index contributed by atoms with van der Waals surface area (Å²) in [6, 6.07) is 5.62. The van der Waals surface area contributed by atoms with Crippen LogP contribution in [-0.4, -0.2) is 29.3 Å². The predicted molar refractivity (Wildman–Crippen MR) is 62.7 cm³/mol. The van der Waals surface area contributed by atoms with Crippen molar-refractivity contribution >= 4 is 5.97 Å². The average Bonchev–Trinajstić information content (AvgIpc) is 2.23. The summed E-state index contributed by atoms with van der Waals surface area (Å²) in [4.78, 5) is 15.8. The maximum Gasteiger partial charge on any atom is 0.307 e. The molecular weight excluding hydrogens is 218 g/mol. The number of rotatable bonds is 4. The van der Waals surface area contributed by atoms with Gasteiger partial charge < -0.3 is 9.84 Å². The molecule has 0 saturated carbocycles. The third kappa shape index (κ3) is 1.93. The molecule has 17 heavy (non-hydrogen) atoms. The third-order valence-electron chi connectivity index (χ3n) is 3.42. The second-order valence-corrected chi connectivity index (χ2v) is 4.92. The fourth-order valence-corrected chi connectivity index (χ4v) is 2.63. The number of hydrogen-bond acceptors (Lipinski definition) is 3. The Morgan fingerprint density at radius 2 is 2.18 bits per heavy atom. The van der Waals surface area contributed by atoms with Crippen molar-refractivity contribution < 1.29 is 14.6 Å². The average molecular weight is 235 g/mol. The number of ether oxygens (including phenoxy) is 1. The summed E-state index contributed by atoms with van der Waals surface area (Å²) in [5.74, 6) is -1.17. The van der Waals surface area contributed by atoms with E-state index in [4.69, 9.17) is 4.74 Å². The normalized spacial score (nSPS) is 19.7. The van der Waals surface area contributed by atoms with Gasteiger partial charge in [-0.2, -0.15) is 0 Å². The zero-order chi connectivity index (χ0) is 12.5. The van der Waals surface area contributed by atoms with Gasteiger partial charge in [0.2, 0.25) is 0 Å². The molecule has 0 spiro atoms. The van der Waals surface area contributed by atoms with Crippen molar-refractivity contribution in [2.75, 3.05) is 13.2 Å². The highest BCUT2D eigenvalue weighted by Gasteiger charge is 2.52. The summed E-state index contributed by atoms with van der Waals surface area (Å²) < 4.78 is 5.27. The molecule has 1 aliphatic heterocycles. The fourth-order valence-electron chi connectivity index (χ4n) is 2.63. The Morgan fingerprint density at radius 3 is 2.53 bits per heavy atom. The van der Waals surface area contributed by atoms with Crippen LogP contribution in [0.1, 0.15) is 19.5 Å². The number of hydrogen-bond donors (Lipinski definition) is 1. The van der Waals surface area contributed by atoms with Crippen LogP contribution in [0.15, 0.2) is 24.4 Å². The van der Waals surface area contributed by atoms with Gasteiger partial charge in [-0.25, -0.2) is 0 Å². The molecule has 2 heterocycles. The number of carboxylic acids is 1. The molecule has 0 radical (unpaired) electrons. The van der Waals surface area contributed by atoms with Crippen molar-refractivity contribution in [3.8, 4) is 0 Å². The number of carbonyl (C=O) groups is 1. The molecule has 0 bridgehead atoms. The van der Waals surface area contributed by atoms with Crippen molar-refractivity contribution in [2.24, 2.45) is 11.8 Å². The van der Waals surface area contributed by atoms with Gasteiger partial charge >= 0.3 is 5.97 Å². The quantitative estimate of drug-likeness (QED) is 0.863. The molecule has 0 aromatic carbocycles. The van der Waals surface area contributed by atoms with Crippen LogP contribution in [0.4, 0.5) is 0 Å². The highest BCUT2D eigenvalue weighted by Crippen LogP contribution is 2.42. The molecule has 1 aliphatic rings. The van der Waals surface area contributed by atoms with Gasteiger partial charge in [0.1, 0.15) is 0 Å². The Bertz CT molecular complexity index is 398. The highest BCUT2D eigenvalue weighted by atomic mass is 16.5. The molecule has 1 aromatic heterocycles. The minimum atomic E-state index is -0.769. The van der Waals surface area contributed by atoms with Gasteiger partial charge in [0.05, 0.1) is 30.2 Å². The summed E-state index contributed by atoms with van der Waals surface area (Å²) in [5, 5.41) is 9.42. The zero-order valence-electron chi connectivity index (χ0n) is 10.1. The Hall–Kier alpha value is -1.42. The largest absolute Gasteiger partial charge is 0.481 e. The van der Waals surface area contributed by atoms with Crippen LogP contribution >= 0.6 is 0 Å². The van der Waals surface area contributed by atoms with Crippen molar-refractivity contribution in [3.05, 3.63) is 30.1 Å². The van der Waals surface area contributed by atoms with E-state index in [0.717, 1.165) is 5.69 Å². The molecule has 1 aromatic rings. The topological polar surface area (TPSA) is 59.4 Å². The first-order chi connectivity index (χ1) is 8.08. The first-order valence-electron chi connectivity index (χ1n) is 5.80. The van der Waals surface area contributed by atoms with E-state index in [1.807, 2.05) is 32.0 Å². The summed E-state index contributed by atoms with van der Waals surface area (Å²) in [6.45, 7) is 4.75. The molecule has 1 atom stereocenters. The van der Waals surface area contributed by atoms with Gasteiger partial charge in [0.15, 0.2) is 0 Å². The van der Waals surface area contributed by atoms with E-state index in [1.54, 1.807) is 6.20 Å². The molecule has 0 amide bonds. The standard InChI is InChI=1S/C13H17NO3/c1-9(2)11(12(15)16)13(7-17-8-13)10-5-3-4-6-14-10/h3-6,9,11H,7-8H2,1-2H3,(H,15,16). The minimum Gasteiger partial charge on any atom is -0.481 e. The number of aliphatic carboxylic acids is 1. The van der Waals surface area contributed by atoms with Crippen molar-refractivity contribution in [3.63, 3.8) is 0 Å². The van der Waals surface area contributed by atoms with Gasteiger partial charge in [0, 0.05) is 6.20 Å². The van der Waals surface area contributed by atoms with Gasteiger partial charge in [-0.05, 0) is 18.1 Å². The van der Waals surface area contributed by atoms with Gasteiger partial charge in [-0.1, -0.05) is 19.9 Å². The van der Waals surface area contributed by atoms with Crippen LogP contribution in [0.25, 0.3) is 0 Å². The molecule has 1 fully saturated rings. The van der Waals surface area contributed by atoms with E-state index < -0.39 is 17.3 Å². The summed E-state index contributed by atoms with van der Waals surface area (Å²) in [7, 11) is 0. The van der Waals surface area contributed by atoms with E-state index in [0.29, 0.717) is 13.2 Å². The minimum absolute atomic E-state index is 0.0541. The molecule has 1 unspecified atom stereocenters. The summed E-state index contributed by atoms with van der Waals surface area (Å²) in [6.07, 6.45) is 1.70. The van der Waals surface area contributed by atoms with Crippen LogP contribution in [-0.2, 0) is 14.9 Å². The Balaban J connectivity index is 2.40. The first-order valence-corrected chi connectivity index (χ1v) is 5.80. The summed E-state index contributed by atoms with van der Waals surface area (Å²) >= 11 is 0. The lowest BCUT2D eigenvalue weighted by molar-refractivity contribution is -0.161. The number of carboxylic acid groups (broad SMARTS) is 1. The number of aromatic nitrogens is 1. The van der Waals surface area contributed by atoms with E-state index in [1.165, 1.54) is 0 Å². The van der Waals surface area contributed by atoms with Crippen LogP contribution in [0.5, 0.6) is 0 Å². The number of pyridine rings is 1. The maximum absolute atomic E-state index is 11.5. The van der Waals surface area contributed by atoms with Gasteiger partial charge in [0.25, 0.3) is 0 Å². The predicted octanol–water partition coefficient (Wildman–Crippen LogP) is 1.71. The maximum atomic E-state index is 11.5. The lowest BCUT2D eigenvalue weighted by Gasteiger charge is -2.46. The highest BCUT2D eigenvalue weighted by molar-refractivity contribution is 5.73. The fraction of sp³-hybridized carbons (Fsp3) is 0.538. The number of nitrogens with zero attached hydrogens (tertiary/aromatic N) is 1. The van der Waals surface area contributed by atoms with Crippen molar-refractivity contribution in [1.82, 2.24) is 4.98 Å². The molecule has 2 rings (SSSR count). The molecule has 4 nitrogen and oxygen atoms in total. The Kier molecular flexibility index (Phi) is 3.15. The molecule has 4 heteroatoms. The molecule has 92 valence electrons. The van der Waals surface area contributed by atoms with Gasteiger partial charge in [-0.3, -0.25) is 9.78 Å². The van der Waals surface area contributed by atoms with E-state index in [-0.39, 0.29) is 5.92 Å². The smallest absolute Gasteiger partial charge is 0.307 e. The van der Waals surface area contributed by atoms with E-state index in [9.17, 15) is 9.90 Å². The van der Waals surface area contributed by atoms with E-state index in [2.05, 4.69) is 4.98 Å². The molecular formula is C13H17NO3. The first kappa shape index (κ1) is 12.0. The summed E-state index contributed by atoms with van der Waals surface area (Å²) in [5.41, 5.74) is 0.369. The van der Waals surface area contributed by atoms with Crippen LogP contribution in [0.2, 0.25) is 0 Å². The third-order valence-corrected chi connectivity index (χ3v) is 3.42. The Morgan fingerprint density at radius 1 is 1.47 bits per heavy atom. The zero-order valence-corrected chi connectivity index (χ0v) is 10.1. The van der Waals surface area contributed by atoms with Crippen molar-refractivity contribution in [2.45, 2.75) is 19.3 Å². The molecule has 1 saturated heterocycles. The van der Waals surface area contributed by atoms with Crippen LogP contribution in [0, 0.1) is 11.8 Å². The lowest BCUT2D eigenvalue weighted by Crippen LogP contribution is -2.56. The van der Waals surface area contributed by atoms with E-state index >= 15 is 0 Å². The second kappa shape index (κ2) is 4.45. The van der Waals surface area contributed by atoms with Gasteiger partial charge in [-0.15, -0.1) is 0 Å². The Labute approximate surface area is 101 Å². The second-order valence-electron chi connectivity index (χ2n) is 4.92. The SMILES string of the molecule is CC(C)C(C(=O)O)C1(c2ccccn2)COC1. The van der Waals surface area contributed by atoms with Crippen LogP contribution < -0.4 is 0 Å². The molecule has 1 N–H and O–H groups in total. The monoisotopic (exact) mass is 235 g/mol. The molecule has 0 aliphatic carbocycles. The van der Waals surface area contributed by atoms with Crippen LogP contribution in [0.3, 0.4) is 0 Å².